The van der Waals surface area contributed by atoms with Crippen molar-refractivity contribution in [1.82, 2.24) is 9.97 Å². The summed E-state index contributed by atoms with van der Waals surface area (Å²) in [5.41, 5.74) is -2.76. The minimum Gasteiger partial charge on any atom is -0.494 e. The smallest absolute Gasteiger partial charge is 0.460 e. The number of unbranched alkanes of at least 4 members (excludes halogenated alkanes) is 5. The molecule has 2 heterocycles. The largest absolute Gasteiger partial charge is 0.494 e. The van der Waals surface area contributed by atoms with Gasteiger partial charge in [-0.2, -0.15) is 74.6 Å². The standard InChI is InChI=1S/C33H26F18N2O2/c1-2-3-4-5-6-7-14-54-19-10-8-17(9-11-19)18-15-52-24(53-16-18)20-12-13-21-22(23(20)34)26(35,36)25(55-21)27(37,38)28(39,40)29(41,42)30(43,44)31(45,46)32(47,48)33(49,50)51/h8-13,15-16,25H,2-7,14H2,1H3. The second kappa shape index (κ2) is 14.7. The molecule has 2 aromatic carbocycles. The molecule has 0 saturated carbocycles. The average molecular weight is 825 g/mol. The van der Waals surface area contributed by atoms with Crippen molar-refractivity contribution in [2.45, 2.75) is 99.2 Å². The number of ether oxygens (including phenoxy) is 2. The number of alkyl halides is 17. The molecule has 55 heavy (non-hydrogen) atoms. The Morgan fingerprint density at radius 1 is 0.636 bits per heavy atom. The number of benzene rings is 2. The average Bonchev–Trinajstić information content (AvgIpc) is 3.38. The van der Waals surface area contributed by atoms with E-state index in [9.17, 15) is 65.9 Å². The molecule has 22 heteroatoms. The van der Waals surface area contributed by atoms with Crippen LogP contribution in [0.3, 0.4) is 0 Å². The van der Waals surface area contributed by atoms with Gasteiger partial charge in [0, 0.05) is 18.0 Å². The first kappa shape index (κ1) is 43.6. The van der Waals surface area contributed by atoms with Gasteiger partial charge in [-0.05, 0) is 36.2 Å². The van der Waals surface area contributed by atoms with Crippen LogP contribution in [-0.4, -0.2) is 64.4 Å². The van der Waals surface area contributed by atoms with Gasteiger partial charge in [0.15, 0.2) is 5.82 Å². The van der Waals surface area contributed by atoms with Gasteiger partial charge >= 0.3 is 47.6 Å². The Bertz CT molecular complexity index is 1800. The van der Waals surface area contributed by atoms with Crippen LogP contribution in [0.25, 0.3) is 22.5 Å². The SMILES string of the molecule is CCCCCCCCOc1ccc(-c2cnc(-c3ccc4c(c3F)C(F)(F)C(C(F)(F)C(F)(F)C(F)(F)C(F)(F)C(F)(F)C(F)(F)C(F)(F)F)O4)nc2)cc1. The summed E-state index contributed by atoms with van der Waals surface area (Å²) in [6.07, 6.45) is -4.70. The molecule has 0 radical (unpaired) electrons. The topological polar surface area (TPSA) is 44.2 Å². The van der Waals surface area contributed by atoms with Crippen molar-refractivity contribution >= 4 is 0 Å². The Morgan fingerprint density at radius 2 is 1.15 bits per heavy atom. The Labute approximate surface area is 298 Å². The molecule has 1 aliphatic rings. The molecule has 0 bridgehead atoms. The molecule has 1 unspecified atom stereocenters. The van der Waals surface area contributed by atoms with Crippen LogP contribution in [0.4, 0.5) is 79.0 Å². The lowest BCUT2D eigenvalue weighted by atomic mass is 9.87. The maximum Gasteiger partial charge on any atom is 0.460 e. The van der Waals surface area contributed by atoms with Crippen molar-refractivity contribution in [2.75, 3.05) is 6.61 Å². The van der Waals surface area contributed by atoms with Crippen molar-refractivity contribution in [2.24, 2.45) is 0 Å². The summed E-state index contributed by atoms with van der Waals surface area (Å²) in [7, 11) is 0. The first-order chi connectivity index (χ1) is 25.1. The van der Waals surface area contributed by atoms with Crippen molar-refractivity contribution in [3.63, 3.8) is 0 Å². The Morgan fingerprint density at radius 3 is 1.69 bits per heavy atom. The molecule has 0 amide bonds. The third kappa shape index (κ3) is 7.21. The summed E-state index contributed by atoms with van der Waals surface area (Å²) in [6.45, 7) is 2.55. The van der Waals surface area contributed by atoms with Crippen molar-refractivity contribution in [3.8, 4) is 34.0 Å². The fourth-order valence-electron chi connectivity index (χ4n) is 5.35. The van der Waals surface area contributed by atoms with Gasteiger partial charge in [0.05, 0.1) is 12.2 Å². The van der Waals surface area contributed by atoms with E-state index >= 15 is 13.2 Å². The van der Waals surface area contributed by atoms with Crippen LogP contribution < -0.4 is 9.47 Å². The van der Waals surface area contributed by atoms with E-state index in [4.69, 9.17) is 4.74 Å². The second-order valence-corrected chi connectivity index (χ2v) is 12.3. The van der Waals surface area contributed by atoms with Gasteiger partial charge in [-0.25, -0.2) is 14.4 Å². The highest BCUT2D eigenvalue weighted by molar-refractivity contribution is 5.66. The third-order valence-corrected chi connectivity index (χ3v) is 8.54. The second-order valence-electron chi connectivity index (χ2n) is 12.3. The van der Waals surface area contributed by atoms with Crippen molar-refractivity contribution < 1.29 is 88.5 Å². The lowest BCUT2D eigenvalue weighted by Crippen LogP contribution is -2.74. The normalized spacial score (nSPS) is 16.9. The third-order valence-electron chi connectivity index (χ3n) is 8.54. The highest BCUT2D eigenvalue weighted by Gasteiger charge is 2.94. The number of hydrogen-bond acceptors (Lipinski definition) is 4. The van der Waals surface area contributed by atoms with Gasteiger partial charge in [0.2, 0.25) is 6.10 Å². The van der Waals surface area contributed by atoms with E-state index < -0.39 is 82.3 Å². The first-order valence-electron chi connectivity index (χ1n) is 15.9. The predicted octanol–water partition coefficient (Wildman–Crippen LogP) is 11.9. The van der Waals surface area contributed by atoms with E-state index in [-0.39, 0.29) is 11.6 Å². The molecule has 1 atom stereocenters. The minimum atomic E-state index is -8.71. The van der Waals surface area contributed by atoms with Crippen LogP contribution in [0.15, 0.2) is 48.8 Å². The van der Waals surface area contributed by atoms with E-state index in [1.165, 1.54) is 0 Å². The summed E-state index contributed by atoms with van der Waals surface area (Å²) in [5, 5.41) is 0. The molecule has 306 valence electrons. The van der Waals surface area contributed by atoms with Gasteiger partial charge in [0.1, 0.15) is 22.9 Å². The quantitative estimate of drug-likeness (QED) is 0.107. The highest BCUT2D eigenvalue weighted by Crippen LogP contribution is 2.65. The van der Waals surface area contributed by atoms with Gasteiger partial charge in [-0.15, -0.1) is 0 Å². The molecule has 0 N–H and O–H groups in total. The Balaban J connectivity index is 1.57. The van der Waals surface area contributed by atoms with Crippen LogP contribution in [0, 0.1) is 5.82 Å². The van der Waals surface area contributed by atoms with E-state index in [0.717, 1.165) is 50.9 Å². The van der Waals surface area contributed by atoms with E-state index in [0.29, 0.717) is 24.0 Å². The van der Waals surface area contributed by atoms with E-state index in [2.05, 4.69) is 21.6 Å². The molecular weight excluding hydrogens is 798 g/mol. The fraction of sp³-hybridized carbons (Fsp3) is 0.515. The summed E-state index contributed by atoms with van der Waals surface area (Å²) in [6, 6.07) is 6.97. The van der Waals surface area contributed by atoms with Crippen LogP contribution in [0.2, 0.25) is 0 Å². The van der Waals surface area contributed by atoms with E-state index in [1.54, 1.807) is 24.3 Å². The lowest BCUT2D eigenvalue weighted by Gasteiger charge is -2.42. The van der Waals surface area contributed by atoms with Crippen LogP contribution >= 0.6 is 0 Å². The van der Waals surface area contributed by atoms with Crippen molar-refractivity contribution in [1.29, 1.82) is 0 Å². The zero-order valence-electron chi connectivity index (χ0n) is 27.7. The Kier molecular flexibility index (Phi) is 11.7. The van der Waals surface area contributed by atoms with Crippen LogP contribution in [0.5, 0.6) is 11.5 Å². The molecule has 1 aliphatic heterocycles. The number of hydrogen-bond donors (Lipinski definition) is 0. The predicted molar refractivity (Wildman–Crippen MR) is 156 cm³/mol. The van der Waals surface area contributed by atoms with Gasteiger partial charge in [-0.1, -0.05) is 51.2 Å². The molecule has 4 rings (SSSR count). The maximum atomic E-state index is 15.5. The molecule has 3 aromatic rings. The highest BCUT2D eigenvalue weighted by atomic mass is 19.4. The molecule has 0 spiro atoms. The molecule has 1 aromatic heterocycles. The molecule has 4 nitrogen and oxygen atoms in total. The zero-order chi connectivity index (χ0) is 41.6. The van der Waals surface area contributed by atoms with Crippen molar-refractivity contribution in [3.05, 3.63) is 60.2 Å². The monoisotopic (exact) mass is 824 g/mol. The van der Waals surface area contributed by atoms with Gasteiger partial charge < -0.3 is 9.47 Å². The summed E-state index contributed by atoms with van der Waals surface area (Å²) in [5.74, 6) is -60.3. The minimum absolute atomic E-state index is 0.182. The van der Waals surface area contributed by atoms with Gasteiger partial charge in [-0.3, -0.25) is 0 Å². The number of aromatic nitrogens is 2. The zero-order valence-corrected chi connectivity index (χ0v) is 27.7. The van der Waals surface area contributed by atoms with Crippen LogP contribution in [-0.2, 0) is 5.92 Å². The summed E-state index contributed by atoms with van der Waals surface area (Å²) in [4.78, 5) is 7.54. The maximum absolute atomic E-state index is 15.5. The molecule has 0 fully saturated rings. The van der Waals surface area contributed by atoms with Gasteiger partial charge in [0.25, 0.3) is 0 Å². The number of halogens is 18. The first-order valence-corrected chi connectivity index (χ1v) is 15.9. The fourth-order valence-corrected chi connectivity index (χ4v) is 5.35. The number of fused-ring (bicyclic) bond motifs is 1. The molecular formula is C33H26F18N2O2. The molecule has 0 aliphatic carbocycles. The lowest BCUT2D eigenvalue weighted by molar-refractivity contribution is -0.457. The number of nitrogens with zero attached hydrogens (tertiary/aromatic N) is 2. The Hall–Kier alpha value is -4.14. The summed E-state index contributed by atoms with van der Waals surface area (Å²) >= 11 is 0. The summed E-state index contributed by atoms with van der Waals surface area (Å²) < 4.78 is 261. The molecule has 0 saturated heterocycles. The number of rotatable bonds is 16. The van der Waals surface area contributed by atoms with E-state index in [1.807, 2.05) is 0 Å². The van der Waals surface area contributed by atoms with Crippen LogP contribution in [0.1, 0.15) is 51.0 Å².